The molecule has 1 atom stereocenters. The van der Waals surface area contributed by atoms with E-state index in [9.17, 15) is 5.11 Å². The number of ether oxygens (including phenoxy) is 1. The maximum absolute atomic E-state index is 10.3. The summed E-state index contributed by atoms with van der Waals surface area (Å²) in [6, 6.07) is 5.90. The fourth-order valence-corrected chi connectivity index (χ4v) is 1.94. The summed E-state index contributed by atoms with van der Waals surface area (Å²) in [5, 5.41) is 10.3. The van der Waals surface area contributed by atoms with Crippen molar-refractivity contribution in [1.82, 2.24) is 4.90 Å². The Kier molecular flexibility index (Phi) is 5.45. The van der Waals surface area contributed by atoms with E-state index in [2.05, 4.69) is 18.7 Å². The smallest absolute Gasteiger partial charge is 0.124 e. The molecule has 17 heavy (non-hydrogen) atoms. The van der Waals surface area contributed by atoms with Crippen molar-refractivity contribution in [3.63, 3.8) is 0 Å². The van der Waals surface area contributed by atoms with Crippen LogP contribution in [0.15, 0.2) is 18.2 Å². The lowest BCUT2D eigenvalue weighted by Crippen LogP contribution is -2.28. The van der Waals surface area contributed by atoms with Gasteiger partial charge in [0.2, 0.25) is 0 Å². The lowest BCUT2D eigenvalue weighted by Gasteiger charge is -2.23. The number of nitrogens with zero attached hydrogens (tertiary/aromatic N) is 1. The van der Waals surface area contributed by atoms with Crippen molar-refractivity contribution in [1.29, 1.82) is 0 Å². The van der Waals surface area contributed by atoms with Crippen LogP contribution in [0.1, 0.15) is 31.1 Å². The first-order valence-corrected chi connectivity index (χ1v) is 6.17. The minimum Gasteiger partial charge on any atom is -0.496 e. The Bertz CT molecular complexity index is 348. The second-order valence-electron chi connectivity index (χ2n) is 4.25. The zero-order chi connectivity index (χ0) is 12.8. The van der Waals surface area contributed by atoms with Crippen molar-refractivity contribution in [3.05, 3.63) is 29.3 Å². The number of aryl methyl sites for hydroxylation is 1. The molecule has 0 radical (unpaired) electrons. The summed E-state index contributed by atoms with van der Waals surface area (Å²) in [5.41, 5.74) is 2.01. The van der Waals surface area contributed by atoms with Gasteiger partial charge >= 0.3 is 0 Å². The highest BCUT2D eigenvalue weighted by atomic mass is 16.5. The number of aliphatic hydroxyl groups excluding tert-OH is 1. The fraction of sp³-hybridized carbons (Fsp3) is 0.571. The number of rotatable bonds is 6. The molecule has 1 rings (SSSR count). The van der Waals surface area contributed by atoms with Crippen LogP contribution in [0.2, 0.25) is 0 Å². The first-order valence-electron chi connectivity index (χ1n) is 6.17. The van der Waals surface area contributed by atoms with Crippen molar-refractivity contribution in [2.24, 2.45) is 0 Å². The molecule has 1 aromatic carbocycles. The summed E-state index contributed by atoms with van der Waals surface area (Å²) in [5.74, 6) is 0.759. The molecule has 0 spiro atoms. The predicted octanol–water partition coefficient (Wildman–Crippen LogP) is 2.38. The molecule has 0 fully saturated rings. The van der Waals surface area contributed by atoms with E-state index in [0.29, 0.717) is 6.54 Å². The number of aliphatic hydroxyl groups is 1. The molecule has 0 aliphatic heterocycles. The third kappa shape index (κ3) is 3.72. The van der Waals surface area contributed by atoms with Crippen LogP contribution in [0.4, 0.5) is 0 Å². The molecule has 0 heterocycles. The van der Waals surface area contributed by atoms with Gasteiger partial charge in [0.25, 0.3) is 0 Å². The summed E-state index contributed by atoms with van der Waals surface area (Å²) in [7, 11) is 1.64. The van der Waals surface area contributed by atoms with Crippen LogP contribution in [-0.4, -0.2) is 36.8 Å². The average Bonchev–Trinajstić information content (AvgIpc) is 2.35. The SMILES string of the molecule is CCN(CC)CC(O)c1cc(C)ccc1OC. The van der Waals surface area contributed by atoms with Crippen LogP contribution < -0.4 is 4.74 Å². The van der Waals surface area contributed by atoms with Gasteiger partial charge in [0.1, 0.15) is 5.75 Å². The molecule has 0 aliphatic rings. The molecule has 0 saturated carbocycles. The zero-order valence-corrected chi connectivity index (χ0v) is 11.2. The topological polar surface area (TPSA) is 32.7 Å². The highest BCUT2D eigenvalue weighted by Crippen LogP contribution is 2.26. The zero-order valence-electron chi connectivity index (χ0n) is 11.2. The van der Waals surface area contributed by atoms with Gasteiger partial charge in [-0.15, -0.1) is 0 Å². The first kappa shape index (κ1) is 14.0. The Hall–Kier alpha value is -1.06. The molecule has 3 nitrogen and oxygen atoms in total. The number of methoxy groups -OCH3 is 1. The van der Waals surface area contributed by atoms with E-state index in [1.165, 1.54) is 0 Å². The van der Waals surface area contributed by atoms with E-state index in [-0.39, 0.29) is 0 Å². The first-order chi connectivity index (χ1) is 8.12. The van der Waals surface area contributed by atoms with Crippen LogP contribution in [0, 0.1) is 6.92 Å². The quantitative estimate of drug-likeness (QED) is 0.824. The minimum absolute atomic E-state index is 0.496. The fourth-order valence-electron chi connectivity index (χ4n) is 1.94. The third-order valence-corrected chi connectivity index (χ3v) is 3.07. The summed E-state index contributed by atoms with van der Waals surface area (Å²) >= 11 is 0. The van der Waals surface area contributed by atoms with Gasteiger partial charge in [-0.05, 0) is 32.1 Å². The molecule has 96 valence electrons. The molecule has 0 aromatic heterocycles. The minimum atomic E-state index is -0.496. The van der Waals surface area contributed by atoms with Crippen molar-refractivity contribution >= 4 is 0 Å². The Morgan fingerprint density at radius 2 is 1.94 bits per heavy atom. The van der Waals surface area contributed by atoms with Gasteiger partial charge in [-0.1, -0.05) is 25.5 Å². The second kappa shape index (κ2) is 6.62. The van der Waals surface area contributed by atoms with E-state index >= 15 is 0 Å². The second-order valence-corrected chi connectivity index (χ2v) is 4.25. The van der Waals surface area contributed by atoms with Crippen LogP contribution in [0.5, 0.6) is 5.75 Å². The van der Waals surface area contributed by atoms with Crippen LogP contribution in [-0.2, 0) is 0 Å². The van der Waals surface area contributed by atoms with E-state index in [1.54, 1.807) is 7.11 Å². The van der Waals surface area contributed by atoms with Crippen molar-refractivity contribution in [3.8, 4) is 5.75 Å². The van der Waals surface area contributed by atoms with E-state index in [4.69, 9.17) is 4.74 Å². The number of likely N-dealkylation sites (N-methyl/N-ethyl adjacent to an activating group) is 1. The van der Waals surface area contributed by atoms with Gasteiger partial charge in [-0.25, -0.2) is 0 Å². The predicted molar refractivity (Wildman–Crippen MR) is 70.5 cm³/mol. The van der Waals surface area contributed by atoms with E-state index in [1.807, 2.05) is 25.1 Å². The van der Waals surface area contributed by atoms with Gasteiger partial charge in [-0.3, -0.25) is 0 Å². The molecule has 1 aromatic rings. The molecule has 0 bridgehead atoms. The Morgan fingerprint density at radius 1 is 1.29 bits per heavy atom. The molecule has 0 saturated heterocycles. The molecular formula is C14H23NO2. The molecule has 1 N–H and O–H groups in total. The van der Waals surface area contributed by atoms with Crippen LogP contribution in [0.25, 0.3) is 0 Å². The van der Waals surface area contributed by atoms with Crippen molar-refractivity contribution in [2.75, 3.05) is 26.7 Å². The normalized spacial score (nSPS) is 12.8. The molecule has 0 aliphatic carbocycles. The lowest BCUT2D eigenvalue weighted by atomic mass is 10.0. The Morgan fingerprint density at radius 3 is 2.47 bits per heavy atom. The summed E-state index contributed by atoms with van der Waals surface area (Å²) in [6.07, 6.45) is -0.496. The van der Waals surface area contributed by atoms with Gasteiger partial charge in [0, 0.05) is 12.1 Å². The Balaban J connectivity index is 2.86. The van der Waals surface area contributed by atoms with Crippen molar-refractivity contribution in [2.45, 2.75) is 26.9 Å². The van der Waals surface area contributed by atoms with Gasteiger partial charge in [0.05, 0.1) is 13.2 Å². The lowest BCUT2D eigenvalue weighted by molar-refractivity contribution is 0.116. The van der Waals surface area contributed by atoms with E-state index < -0.39 is 6.10 Å². The van der Waals surface area contributed by atoms with Gasteiger partial charge in [0.15, 0.2) is 0 Å². The van der Waals surface area contributed by atoms with Gasteiger partial charge in [-0.2, -0.15) is 0 Å². The maximum Gasteiger partial charge on any atom is 0.124 e. The molecule has 3 heteroatoms. The number of hydrogen-bond donors (Lipinski definition) is 1. The number of benzene rings is 1. The van der Waals surface area contributed by atoms with Gasteiger partial charge < -0.3 is 14.7 Å². The van der Waals surface area contributed by atoms with Crippen LogP contribution >= 0.6 is 0 Å². The molecule has 1 unspecified atom stereocenters. The van der Waals surface area contributed by atoms with Crippen molar-refractivity contribution < 1.29 is 9.84 Å². The highest BCUT2D eigenvalue weighted by molar-refractivity contribution is 5.38. The molecule has 0 amide bonds. The summed E-state index contributed by atoms with van der Waals surface area (Å²) in [4.78, 5) is 2.20. The third-order valence-electron chi connectivity index (χ3n) is 3.07. The standard InChI is InChI=1S/C14H23NO2/c1-5-15(6-2)10-13(16)12-9-11(3)7-8-14(12)17-4/h7-9,13,16H,5-6,10H2,1-4H3. The highest BCUT2D eigenvalue weighted by Gasteiger charge is 2.15. The average molecular weight is 237 g/mol. The summed E-state index contributed by atoms with van der Waals surface area (Å²) < 4.78 is 5.29. The number of hydrogen-bond acceptors (Lipinski definition) is 3. The van der Waals surface area contributed by atoms with Crippen LogP contribution in [0.3, 0.4) is 0 Å². The molecular weight excluding hydrogens is 214 g/mol. The Labute approximate surface area is 104 Å². The maximum atomic E-state index is 10.3. The monoisotopic (exact) mass is 237 g/mol. The summed E-state index contributed by atoms with van der Waals surface area (Å²) in [6.45, 7) is 8.76. The van der Waals surface area contributed by atoms with E-state index in [0.717, 1.165) is 30.0 Å². The largest absolute Gasteiger partial charge is 0.496 e.